The molecule has 0 aromatic carbocycles. The molecule has 1 amide bonds. The average molecular weight is 343 g/mol. The van der Waals surface area contributed by atoms with E-state index >= 15 is 0 Å². The summed E-state index contributed by atoms with van der Waals surface area (Å²) < 4.78 is 0.536. The molecule has 108 valence electrons. The van der Waals surface area contributed by atoms with Crippen molar-refractivity contribution in [2.45, 2.75) is 31.7 Å². The van der Waals surface area contributed by atoms with E-state index in [1.54, 1.807) is 0 Å². The number of halogens is 1. The van der Waals surface area contributed by atoms with Gasteiger partial charge in [-0.15, -0.1) is 0 Å². The van der Waals surface area contributed by atoms with E-state index in [4.69, 9.17) is 0 Å². The van der Waals surface area contributed by atoms with Crippen molar-refractivity contribution in [3.05, 3.63) is 26.9 Å². The van der Waals surface area contributed by atoms with Gasteiger partial charge in [0.05, 0.1) is 9.40 Å². The molecule has 8 heteroatoms. The number of carbonyl (C=O) groups excluding carboxylic acids is 1. The summed E-state index contributed by atoms with van der Waals surface area (Å²) >= 11 is 3.23. The fraction of sp³-hybridized carbons (Fsp3) is 0.500. The predicted molar refractivity (Wildman–Crippen MR) is 77.5 cm³/mol. The zero-order chi connectivity index (χ0) is 14.5. The van der Waals surface area contributed by atoms with Crippen molar-refractivity contribution in [1.29, 1.82) is 0 Å². The van der Waals surface area contributed by atoms with Crippen LogP contribution in [0.4, 0.5) is 11.5 Å². The van der Waals surface area contributed by atoms with Gasteiger partial charge in [0, 0.05) is 25.1 Å². The Bertz CT molecular complexity index is 519. The van der Waals surface area contributed by atoms with Gasteiger partial charge in [0.25, 0.3) is 5.69 Å². The summed E-state index contributed by atoms with van der Waals surface area (Å²) in [6.45, 7) is 0.585. The fourth-order valence-electron chi connectivity index (χ4n) is 1.64. The van der Waals surface area contributed by atoms with Crippen LogP contribution in [0.5, 0.6) is 0 Å². The van der Waals surface area contributed by atoms with Gasteiger partial charge in [-0.05, 0) is 35.2 Å². The topological polar surface area (TPSA) is 97.2 Å². The molecule has 1 aromatic rings. The van der Waals surface area contributed by atoms with Gasteiger partial charge < -0.3 is 10.6 Å². The third kappa shape index (κ3) is 4.44. The highest BCUT2D eigenvalue weighted by Gasteiger charge is 2.22. The second-order valence-corrected chi connectivity index (χ2v) is 5.51. The van der Waals surface area contributed by atoms with Crippen LogP contribution in [0.2, 0.25) is 0 Å². The van der Waals surface area contributed by atoms with E-state index in [9.17, 15) is 14.9 Å². The molecule has 0 bridgehead atoms. The van der Waals surface area contributed by atoms with Crippen molar-refractivity contribution >= 4 is 33.3 Å². The number of rotatable bonds is 7. The molecule has 1 heterocycles. The minimum Gasteiger partial charge on any atom is -0.369 e. The van der Waals surface area contributed by atoms with Crippen molar-refractivity contribution in [2.24, 2.45) is 0 Å². The molecular formula is C12H15BrN4O3. The van der Waals surface area contributed by atoms with Gasteiger partial charge in [0.2, 0.25) is 5.91 Å². The lowest BCUT2D eigenvalue weighted by Crippen LogP contribution is -2.25. The average Bonchev–Trinajstić information content (AvgIpc) is 3.19. The lowest BCUT2D eigenvalue weighted by atomic mass is 10.3. The monoisotopic (exact) mass is 342 g/mol. The SMILES string of the molecule is O=C(CCCNc1ncc([N+](=O)[O-])cc1Br)NC1CC1. The minimum atomic E-state index is -0.496. The summed E-state index contributed by atoms with van der Waals surface area (Å²) in [4.78, 5) is 25.5. The smallest absolute Gasteiger partial charge is 0.288 e. The molecule has 2 N–H and O–H groups in total. The van der Waals surface area contributed by atoms with Crippen molar-refractivity contribution in [1.82, 2.24) is 10.3 Å². The number of hydrogen-bond donors (Lipinski definition) is 2. The largest absolute Gasteiger partial charge is 0.369 e. The summed E-state index contributed by atoms with van der Waals surface area (Å²) in [6.07, 6.45) is 4.53. The minimum absolute atomic E-state index is 0.0637. The Kier molecular flexibility index (Phi) is 4.89. The normalized spacial score (nSPS) is 13.8. The highest BCUT2D eigenvalue weighted by Crippen LogP contribution is 2.24. The third-order valence-electron chi connectivity index (χ3n) is 2.85. The molecule has 0 unspecified atom stereocenters. The first kappa shape index (κ1) is 14.7. The van der Waals surface area contributed by atoms with E-state index in [1.807, 2.05) is 0 Å². The maximum atomic E-state index is 11.5. The van der Waals surface area contributed by atoms with E-state index in [-0.39, 0.29) is 11.6 Å². The van der Waals surface area contributed by atoms with Crippen LogP contribution in [-0.2, 0) is 4.79 Å². The van der Waals surface area contributed by atoms with Crippen LogP contribution in [0.1, 0.15) is 25.7 Å². The molecule has 1 aromatic heterocycles. The molecule has 0 spiro atoms. The van der Waals surface area contributed by atoms with E-state index < -0.39 is 4.92 Å². The highest BCUT2D eigenvalue weighted by molar-refractivity contribution is 9.10. The summed E-state index contributed by atoms with van der Waals surface area (Å²) in [5.41, 5.74) is -0.0637. The maximum absolute atomic E-state index is 11.5. The highest BCUT2D eigenvalue weighted by atomic mass is 79.9. The van der Waals surface area contributed by atoms with E-state index in [0.29, 0.717) is 35.7 Å². The Balaban J connectivity index is 1.73. The number of hydrogen-bond acceptors (Lipinski definition) is 5. The van der Waals surface area contributed by atoms with Gasteiger partial charge >= 0.3 is 0 Å². The lowest BCUT2D eigenvalue weighted by Gasteiger charge is -2.07. The van der Waals surface area contributed by atoms with Gasteiger partial charge in [-0.2, -0.15) is 0 Å². The molecule has 0 saturated heterocycles. The van der Waals surface area contributed by atoms with Crippen LogP contribution in [0.15, 0.2) is 16.7 Å². The molecule has 2 rings (SSSR count). The zero-order valence-electron chi connectivity index (χ0n) is 10.8. The Morgan fingerprint density at radius 1 is 1.55 bits per heavy atom. The number of nitro groups is 1. The number of pyridine rings is 1. The quantitative estimate of drug-likeness (QED) is 0.449. The molecule has 7 nitrogen and oxygen atoms in total. The molecule has 1 fully saturated rings. The Labute approximate surface area is 124 Å². The van der Waals surface area contributed by atoms with E-state index in [1.165, 1.54) is 12.3 Å². The first-order valence-electron chi connectivity index (χ1n) is 6.39. The van der Waals surface area contributed by atoms with Crippen molar-refractivity contribution in [2.75, 3.05) is 11.9 Å². The van der Waals surface area contributed by atoms with Crippen LogP contribution < -0.4 is 10.6 Å². The maximum Gasteiger partial charge on any atom is 0.288 e. The van der Waals surface area contributed by atoms with Gasteiger partial charge in [-0.25, -0.2) is 4.98 Å². The molecule has 0 radical (unpaired) electrons. The van der Waals surface area contributed by atoms with Gasteiger partial charge in [-0.1, -0.05) is 0 Å². The standard InChI is InChI=1S/C12H15BrN4O3/c13-10-6-9(17(19)20)7-15-12(10)14-5-1-2-11(18)16-8-3-4-8/h6-8H,1-5H2,(H,14,15)(H,16,18). The molecular weight excluding hydrogens is 328 g/mol. The summed E-state index contributed by atoms with van der Waals surface area (Å²) in [5.74, 6) is 0.614. The number of amides is 1. The van der Waals surface area contributed by atoms with Gasteiger partial charge in [0.1, 0.15) is 12.0 Å². The number of aromatic nitrogens is 1. The zero-order valence-corrected chi connectivity index (χ0v) is 12.4. The van der Waals surface area contributed by atoms with Crippen LogP contribution in [-0.4, -0.2) is 28.4 Å². The summed E-state index contributed by atoms with van der Waals surface area (Å²) in [5, 5.41) is 16.5. The molecule has 20 heavy (non-hydrogen) atoms. The number of carbonyl (C=O) groups is 1. The van der Waals surface area contributed by atoms with Crippen LogP contribution in [0, 0.1) is 10.1 Å². The van der Waals surface area contributed by atoms with Gasteiger partial charge in [0.15, 0.2) is 0 Å². The molecule has 0 aliphatic heterocycles. The number of anilines is 1. The Morgan fingerprint density at radius 3 is 2.90 bits per heavy atom. The van der Waals surface area contributed by atoms with Crippen molar-refractivity contribution in [3.8, 4) is 0 Å². The van der Waals surface area contributed by atoms with Crippen LogP contribution in [0.25, 0.3) is 0 Å². The van der Waals surface area contributed by atoms with E-state index in [2.05, 4.69) is 31.5 Å². The van der Waals surface area contributed by atoms with E-state index in [0.717, 1.165) is 12.8 Å². The number of nitrogens with zero attached hydrogens (tertiary/aromatic N) is 2. The first-order valence-corrected chi connectivity index (χ1v) is 7.18. The third-order valence-corrected chi connectivity index (χ3v) is 3.46. The lowest BCUT2D eigenvalue weighted by molar-refractivity contribution is -0.385. The molecule has 1 aliphatic rings. The van der Waals surface area contributed by atoms with Crippen LogP contribution >= 0.6 is 15.9 Å². The van der Waals surface area contributed by atoms with Crippen LogP contribution in [0.3, 0.4) is 0 Å². The molecule has 1 saturated carbocycles. The number of nitrogens with one attached hydrogen (secondary N) is 2. The molecule has 1 aliphatic carbocycles. The second kappa shape index (κ2) is 6.65. The molecule has 0 atom stereocenters. The Morgan fingerprint density at radius 2 is 2.30 bits per heavy atom. The first-order chi connectivity index (χ1) is 9.56. The van der Waals surface area contributed by atoms with Crippen molar-refractivity contribution in [3.63, 3.8) is 0 Å². The fourth-order valence-corrected chi connectivity index (χ4v) is 2.12. The Hall–Kier alpha value is -1.70. The van der Waals surface area contributed by atoms with Gasteiger partial charge in [-0.3, -0.25) is 14.9 Å². The summed E-state index contributed by atoms with van der Waals surface area (Å²) in [7, 11) is 0. The predicted octanol–water partition coefficient (Wildman–Crippen LogP) is 2.22. The second-order valence-electron chi connectivity index (χ2n) is 4.65. The summed E-state index contributed by atoms with van der Waals surface area (Å²) in [6, 6.07) is 1.79. The van der Waals surface area contributed by atoms with Crippen molar-refractivity contribution < 1.29 is 9.72 Å².